The zero-order valence-corrected chi connectivity index (χ0v) is 16.8. The first-order chi connectivity index (χ1) is 13.7. The molecule has 4 aromatic rings. The Morgan fingerprint density at radius 3 is 2.68 bits per heavy atom. The minimum atomic E-state index is 0.559. The van der Waals surface area contributed by atoms with Crippen LogP contribution in [-0.2, 0) is 0 Å². The average Bonchev–Trinajstić information content (AvgIpc) is 3.15. The van der Waals surface area contributed by atoms with E-state index in [0.717, 1.165) is 38.1 Å². The second kappa shape index (κ2) is 8.23. The second-order valence-corrected chi connectivity index (χ2v) is 6.92. The van der Waals surface area contributed by atoms with Crippen molar-refractivity contribution in [3.05, 3.63) is 82.8 Å². The van der Waals surface area contributed by atoms with E-state index >= 15 is 0 Å². The number of hydrogen-bond donors (Lipinski definition) is 0. The van der Waals surface area contributed by atoms with Crippen LogP contribution >= 0.6 is 15.9 Å². The molecule has 4 nitrogen and oxygen atoms in total. The predicted molar refractivity (Wildman–Crippen MR) is 117 cm³/mol. The van der Waals surface area contributed by atoms with Gasteiger partial charge in [0.15, 0.2) is 5.58 Å². The number of aromatic nitrogens is 1. The molecule has 0 unspecified atom stereocenters. The van der Waals surface area contributed by atoms with Crippen molar-refractivity contribution in [1.82, 2.24) is 4.98 Å². The number of allylic oxidation sites excluding steroid dienone is 1. The van der Waals surface area contributed by atoms with Crippen molar-refractivity contribution in [2.24, 2.45) is 4.99 Å². The number of rotatable bonds is 5. The highest BCUT2D eigenvalue weighted by Crippen LogP contribution is 2.32. The number of halogens is 1. The smallest absolute Gasteiger partial charge is 0.227 e. The van der Waals surface area contributed by atoms with Crippen LogP contribution in [0, 0.1) is 0 Å². The molecule has 0 saturated carbocycles. The highest BCUT2D eigenvalue weighted by atomic mass is 79.9. The lowest BCUT2D eigenvalue weighted by Gasteiger charge is -2.03. The van der Waals surface area contributed by atoms with Crippen LogP contribution in [0.25, 0.3) is 28.6 Å². The Labute approximate surface area is 171 Å². The summed E-state index contributed by atoms with van der Waals surface area (Å²) in [6, 6.07) is 21.5. The lowest BCUT2D eigenvalue weighted by Crippen LogP contribution is -1.85. The first-order valence-corrected chi connectivity index (χ1v) is 9.52. The fourth-order valence-corrected chi connectivity index (χ4v) is 3.31. The lowest BCUT2D eigenvalue weighted by molar-refractivity contribution is 0.412. The third-order valence-electron chi connectivity index (χ3n) is 4.17. The molecule has 0 saturated heterocycles. The summed E-state index contributed by atoms with van der Waals surface area (Å²) in [5.41, 5.74) is 4.32. The van der Waals surface area contributed by atoms with Crippen molar-refractivity contribution in [3.63, 3.8) is 0 Å². The van der Waals surface area contributed by atoms with Crippen molar-refractivity contribution in [1.29, 1.82) is 0 Å². The maximum Gasteiger partial charge on any atom is 0.227 e. The molecule has 138 valence electrons. The van der Waals surface area contributed by atoms with Crippen LogP contribution in [0.1, 0.15) is 5.56 Å². The maximum atomic E-state index is 5.88. The Hall–Kier alpha value is -3.18. The normalized spacial score (nSPS) is 11.6. The third-order valence-corrected chi connectivity index (χ3v) is 4.79. The van der Waals surface area contributed by atoms with E-state index in [4.69, 9.17) is 9.15 Å². The molecule has 0 N–H and O–H groups in total. The van der Waals surface area contributed by atoms with Gasteiger partial charge in [0.1, 0.15) is 11.3 Å². The van der Waals surface area contributed by atoms with E-state index in [-0.39, 0.29) is 0 Å². The summed E-state index contributed by atoms with van der Waals surface area (Å²) in [7, 11) is 1.64. The standard InChI is InChI=1S/C23H17BrN2O2/c1-27-21-11-9-17(14-19(21)24)23-26-20-15-18(10-12-22(20)28-23)25-13-5-8-16-6-3-2-4-7-16/h2-15H,1H3/b8-5+,25-13?. The molecular weight excluding hydrogens is 416 g/mol. The first-order valence-electron chi connectivity index (χ1n) is 8.73. The Morgan fingerprint density at radius 2 is 1.89 bits per heavy atom. The number of benzene rings is 3. The zero-order chi connectivity index (χ0) is 19.3. The van der Waals surface area contributed by atoms with Crippen LogP contribution in [0.4, 0.5) is 5.69 Å². The van der Waals surface area contributed by atoms with E-state index in [1.807, 2.05) is 78.9 Å². The second-order valence-electron chi connectivity index (χ2n) is 6.07. The summed E-state index contributed by atoms with van der Waals surface area (Å²) >= 11 is 3.49. The van der Waals surface area contributed by atoms with Crippen LogP contribution in [0.5, 0.6) is 5.75 Å². The molecule has 0 aliphatic rings. The van der Waals surface area contributed by atoms with Gasteiger partial charge in [0, 0.05) is 11.8 Å². The third kappa shape index (κ3) is 4.05. The molecule has 0 bridgehead atoms. The minimum Gasteiger partial charge on any atom is -0.496 e. The van der Waals surface area contributed by atoms with Crippen molar-refractivity contribution in [2.75, 3.05) is 7.11 Å². The maximum absolute atomic E-state index is 5.88. The summed E-state index contributed by atoms with van der Waals surface area (Å²) in [6.45, 7) is 0. The molecule has 1 aromatic heterocycles. The van der Waals surface area contributed by atoms with E-state index in [2.05, 4.69) is 25.9 Å². The molecule has 0 aliphatic carbocycles. The Kier molecular flexibility index (Phi) is 5.35. The lowest BCUT2D eigenvalue weighted by atomic mass is 10.2. The van der Waals surface area contributed by atoms with Gasteiger partial charge in [-0.3, -0.25) is 4.99 Å². The predicted octanol–water partition coefficient (Wildman–Crippen LogP) is 6.68. The molecule has 4 rings (SSSR count). The molecule has 0 spiro atoms. The van der Waals surface area contributed by atoms with Crippen LogP contribution in [0.15, 0.2) is 86.7 Å². The highest BCUT2D eigenvalue weighted by Gasteiger charge is 2.11. The largest absolute Gasteiger partial charge is 0.496 e. The Balaban J connectivity index is 1.55. The molecule has 5 heteroatoms. The molecule has 0 fully saturated rings. The molecule has 0 aliphatic heterocycles. The van der Waals surface area contributed by atoms with Gasteiger partial charge in [0.2, 0.25) is 5.89 Å². The Morgan fingerprint density at radius 1 is 1.04 bits per heavy atom. The summed E-state index contributed by atoms with van der Waals surface area (Å²) < 4.78 is 12.0. The number of fused-ring (bicyclic) bond motifs is 1. The van der Waals surface area contributed by atoms with E-state index in [0.29, 0.717) is 5.89 Å². The van der Waals surface area contributed by atoms with Gasteiger partial charge >= 0.3 is 0 Å². The van der Waals surface area contributed by atoms with Gasteiger partial charge in [-0.1, -0.05) is 36.4 Å². The van der Waals surface area contributed by atoms with Crippen molar-refractivity contribution in [2.45, 2.75) is 0 Å². The van der Waals surface area contributed by atoms with Crippen LogP contribution in [-0.4, -0.2) is 18.3 Å². The molecule has 1 heterocycles. The quantitative estimate of drug-likeness (QED) is 0.330. The molecule has 3 aromatic carbocycles. The Bertz CT molecular complexity index is 1160. The number of hydrogen-bond acceptors (Lipinski definition) is 4. The molecular formula is C23H17BrN2O2. The summed E-state index contributed by atoms with van der Waals surface area (Å²) in [5.74, 6) is 1.32. The molecule has 0 radical (unpaired) electrons. The number of ether oxygens (including phenoxy) is 1. The topological polar surface area (TPSA) is 47.6 Å². The van der Waals surface area contributed by atoms with Crippen molar-refractivity contribution in [3.8, 4) is 17.2 Å². The summed E-state index contributed by atoms with van der Waals surface area (Å²) in [5, 5.41) is 0. The SMILES string of the molecule is COc1ccc(-c2nc3cc(N=C/C=C/c4ccccc4)ccc3o2)cc1Br. The number of aliphatic imine (C=N–C) groups is 1. The summed E-state index contributed by atoms with van der Waals surface area (Å²) in [6.07, 6.45) is 5.70. The average molecular weight is 433 g/mol. The number of nitrogens with zero attached hydrogens (tertiary/aromatic N) is 2. The summed E-state index contributed by atoms with van der Waals surface area (Å²) in [4.78, 5) is 9.07. The van der Waals surface area contributed by atoms with E-state index in [9.17, 15) is 0 Å². The van der Waals surface area contributed by atoms with Crippen molar-refractivity contribution < 1.29 is 9.15 Å². The van der Waals surface area contributed by atoms with E-state index in [1.54, 1.807) is 13.3 Å². The molecule has 0 atom stereocenters. The van der Waals surface area contributed by atoms with E-state index < -0.39 is 0 Å². The zero-order valence-electron chi connectivity index (χ0n) is 15.2. The fraction of sp³-hybridized carbons (Fsp3) is 0.0435. The van der Waals surface area contributed by atoms with Gasteiger partial charge in [0.25, 0.3) is 0 Å². The van der Waals surface area contributed by atoms with Gasteiger partial charge in [-0.05, 0) is 64.0 Å². The van der Waals surface area contributed by atoms with Crippen LogP contribution < -0.4 is 4.74 Å². The van der Waals surface area contributed by atoms with Gasteiger partial charge in [-0.25, -0.2) is 4.98 Å². The fourth-order valence-electron chi connectivity index (χ4n) is 2.77. The first kappa shape index (κ1) is 18.2. The van der Waals surface area contributed by atoms with Crippen LogP contribution in [0.3, 0.4) is 0 Å². The van der Waals surface area contributed by atoms with Gasteiger partial charge in [-0.2, -0.15) is 0 Å². The molecule has 28 heavy (non-hydrogen) atoms. The van der Waals surface area contributed by atoms with Crippen molar-refractivity contribution >= 4 is 45.0 Å². The van der Waals surface area contributed by atoms with Gasteiger partial charge in [0.05, 0.1) is 17.3 Å². The highest BCUT2D eigenvalue weighted by molar-refractivity contribution is 9.10. The molecule has 0 amide bonds. The van der Waals surface area contributed by atoms with Gasteiger partial charge in [-0.15, -0.1) is 0 Å². The van der Waals surface area contributed by atoms with E-state index in [1.165, 1.54) is 0 Å². The number of oxazole rings is 1. The minimum absolute atomic E-state index is 0.559. The van der Waals surface area contributed by atoms with Crippen LogP contribution in [0.2, 0.25) is 0 Å². The van der Waals surface area contributed by atoms with Gasteiger partial charge < -0.3 is 9.15 Å². The number of methoxy groups -OCH3 is 1. The monoisotopic (exact) mass is 432 g/mol.